The molecule has 0 spiro atoms. The van der Waals surface area contributed by atoms with Crippen LogP contribution in [0, 0.1) is 0 Å². The summed E-state index contributed by atoms with van der Waals surface area (Å²) in [7, 11) is 1.62. The minimum absolute atomic E-state index is 0.0687. The van der Waals surface area contributed by atoms with Crippen molar-refractivity contribution in [1.82, 2.24) is 20.0 Å². The Labute approximate surface area is 163 Å². The first-order chi connectivity index (χ1) is 13.7. The highest BCUT2D eigenvalue weighted by Gasteiger charge is 2.28. The number of ether oxygens (including phenoxy) is 2. The van der Waals surface area contributed by atoms with Gasteiger partial charge in [0.2, 0.25) is 0 Å². The number of methoxy groups -OCH3 is 1. The van der Waals surface area contributed by atoms with Crippen LogP contribution in [0.25, 0.3) is 0 Å². The SMILES string of the molecule is COc1ccccc1CN1CCn2nc(C(=O)NCC3CCCO3)cc2C1=O. The normalized spacial score (nSPS) is 18.8. The first-order valence-corrected chi connectivity index (χ1v) is 9.54. The van der Waals surface area contributed by atoms with Gasteiger partial charge in [0.15, 0.2) is 5.69 Å². The summed E-state index contributed by atoms with van der Waals surface area (Å²) in [5.41, 5.74) is 1.64. The summed E-state index contributed by atoms with van der Waals surface area (Å²) in [5.74, 6) is 0.341. The van der Waals surface area contributed by atoms with Gasteiger partial charge < -0.3 is 19.7 Å². The van der Waals surface area contributed by atoms with E-state index in [-0.39, 0.29) is 23.6 Å². The summed E-state index contributed by atoms with van der Waals surface area (Å²) in [6.45, 7) is 2.75. The highest BCUT2D eigenvalue weighted by molar-refractivity contribution is 5.98. The zero-order chi connectivity index (χ0) is 19.5. The van der Waals surface area contributed by atoms with Gasteiger partial charge in [-0.2, -0.15) is 5.10 Å². The quantitative estimate of drug-likeness (QED) is 0.815. The summed E-state index contributed by atoms with van der Waals surface area (Å²) < 4.78 is 12.5. The zero-order valence-corrected chi connectivity index (χ0v) is 15.9. The van der Waals surface area contributed by atoms with E-state index in [1.54, 1.807) is 22.8 Å². The van der Waals surface area contributed by atoms with E-state index in [0.717, 1.165) is 30.8 Å². The molecule has 4 rings (SSSR count). The Bertz CT molecular complexity index is 873. The molecule has 2 aromatic rings. The van der Waals surface area contributed by atoms with Crippen LogP contribution in [0.3, 0.4) is 0 Å². The minimum atomic E-state index is -0.276. The second-order valence-corrected chi connectivity index (χ2v) is 7.02. The monoisotopic (exact) mass is 384 g/mol. The van der Waals surface area contributed by atoms with Gasteiger partial charge in [0, 0.05) is 37.9 Å². The minimum Gasteiger partial charge on any atom is -0.496 e. The predicted octanol–water partition coefficient (Wildman–Crippen LogP) is 1.46. The standard InChI is InChI=1S/C20H24N4O4/c1-27-18-7-3-2-5-14(18)13-23-8-9-24-17(20(23)26)11-16(22-24)19(25)21-12-15-6-4-10-28-15/h2-3,5,7,11,15H,4,6,8-10,12-13H2,1H3,(H,21,25). The number of hydrogen-bond acceptors (Lipinski definition) is 5. The number of amides is 2. The molecule has 1 fully saturated rings. The number of nitrogens with zero attached hydrogens (tertiary/aromatic N) is 3. The number of carbonyl (C=O) groups excluding carboxylic acids is 2. The predicted molar refractivity (Wildman–Crippen MR) is 101 cm³/mol. The Kier molecular flexibility index (Phi) is 5.29. The van der Waals surface area contributed by atoms with Crippen molar-refractivity contribution in [2.45, 2.75) is 32.0 Å². The molecule has 1 aromatic carbocycles. The van der Waals surface area contributed by atoms with Crippen LogP contribution in [-0.2, 0) is 17.8 Å². The molecule has 0 aliphatic carbocycles. The Morgan fingerprint density at radius 1 is 1.36 bits per heavy atom. The van der Waals surface area contributed by atoms with Crippen molar-refractivity contribution in [3.8, 4) is 5.75 Å². The Morgan fingerprint density at radius 2 is 2.21 bits per heavy atom. The van der Waals surface area contributed by atoms with Crippen molar-refractivity contribution in [2.75, 3.05) is 26.8 Å². The summed E-state index contributed by atoms with van der Waals surface area (Å²) in [6.07, 6.45) is 2.05. The van der Waals surface area contributed by atoms with Gasteiger partial charge in [0.05, 0.1) is 19.8 Å². The highest BCUT2D eigenvalue weighted by atomic mass is 16.5. The van der Waals surface area contributed by atoms with E-state index in [1.807, 2.05) is 24.3 Å². The van der Waals surface area contributed by atoms with E-state index in [9.17, 15) is 9.59 Å². The Hall–Kier alpha value is -2.87. The topological polar surface area (TPSA) is 85.7 Å². The molecule has 148 valence electrons. The van der Waals surface area contributed by atoms with Gasteiger partial charge in [-0.1, -0.05) is 18.2 Å². The summed E-state index contributed by atoms with van der Waals surface area (Å²) >= 11 is 0. The average molecular weight is 384 g/mol. The molecule has 8 heteroatoms. The third-order valence-corrected chi connectivity index (χ3v) is 5.17. The van der Waals surface area contributed by atoms with Gasteiger partial charge in [0.25, 0.3) is 11.8 Å². The third kappa shape index (κ3) is 3.73. The number of carbonyl (C=O) groups is 2. The van der Waals surface area contributed by atoms with Crippen molar-refractivity contribution < 1.29 is 19.1 Å². The van der Waals surface area contributed by atoms with Gasteiger partial charge in [-0.05, 0) is 18.9 Å². The second-order valence-electron chi connectivity index (χ2n) is 7.02. The number of benzene rings is 1. The maximum absolute atomic E-state index is 12.9. The van der Waals surface area contributed by atoms with Crippen molar-refractivity contribution in [1.29, 1.82) is 0 Å². The molecule has 2 amide bonds. The first kappa shape index (κ1) is 18.5. The number of aromatic nitrogens is 2. The van der Waals surface area contributed by atoms with Crippen molar-refractivity contribution in [3.05, 3.63) is 47.3 Å². The fourth-order valence-electron chi connectivity index (χ4n) is 3.64. The lowest BCUT2D eigenvalue weighted by Crippen LogP contribution is -2.39. The Morgan fingerprint density at radius 3 is 3.00 bits per heavy atom. The lowest BCUT2D eigenvalue weighted by Gasteiger charge is -2.28. The van der Waals surface area contributed by atoms with Crippen LogP contribution in [0.15, 0.2) is 30.3 Å². The van der Waals surface area contributed by atoms with E-state index >= 15 is 0 Å². The molecule has 2 aliphatic heterocycles. The van der Waals surface area contributed by atoms with Crippen LogP contribution in [0.5, 0.6) is 5.75 Å². The van der Waals surface area contributed by atoms with Crippen LogP contribution >= 0.6 is 0 Å². The number of rotatable bonds is 6. The van der Waals surface area contributed by atoms with Crippen molar-refractivity contribution in [3.63, 3.8) is 0 Å². The highest BCUT2D eigenvalue weighted by Crippen LogP contribution is 2.22. The van der Waals surface area contributed by atoms with Crippen LogP contribution in [-0.4, -0.2) is 59.4 Å². The lowest BCUT2D eigenvalue weighted by atomic mass is 10.1. The van der Waals surface area contributed by atoms with Crippen LogP contribution in [0.1, 0.15) is 39.4 Å². The van der Waals surface area contributed by atoms with Crippen LogP contribution in [0.4, 0.5) is 0 Å². The van der Waals surface area contributed by atoms with Gasteiger partial charge in [-0.3, -0.25) is 14.3 Å². The van der Waals surface area contributed by atoms with Gasteiger partial charge in [0.1, 0.15) is 11.4 Å². The molecular weight excluding hydrogens is 360 g/mol. The largest absolute Gasteiger partial charge is 0.496 e. The molecule has 8 nitrogen and oxygen atoms in total. The maximum atomic E-state index is 12.9. The van der Waals surface area contributed by atoms with Crippen molar-refractivity contribution in [2.24, 2.45) is 0 Å². The third-order valence-electron chi connectivity index (χ3n) is 5.17. The lowest BCUT2D eigenvalue weighted by molar-refractivity contribution is 0.0681. The van der Waals surface area contributed by atoms with Gasteiger partial charge in [-0.25, -0.2) is 0 Å². The molecule has 1 aromatic heterocycles. The molecule has 0 radical (unpaired) electrons. The van der Waals surface area contributed by atoms with Crippen LogP contribution in [0.2, 0.25) is 0 Å². The first-order valence-electron chi connectivity index (χ1n) is 9.54. The molecule has 0 saturated carbocycles. The Balaban J connectivity index is 1.44. The maximum Gasteiger partial charge on any atom is 0.272 e. The molecule has 1 saturated heterocycles. The summed E-state index contributed by atoms with van der Waals surface area (Å²) in [5, 5.41) is 7.16. The van der Waals surface area contributed by atoms with E-state index in [4.69, 9.17) is 9.47 Å². The van der Waals surface area contributed by atoms with E-state index in [1.165, 1.54) is 0 Å². The number of fused-ring (bicyclic) bond motifs is 1. The van der Waals surface area contributed by atoms with Gasteiger partial charge >= 0.3 is 0 Å². The fourth-order valence-corrected chi connectivity index (χ4v) is 3.64. The molecule has 1 unspecified atom stereocenters. The molecule has 1 atom stereocenters. The van der Waals surface area contributed by atoms with E-state index in [2.05, 4.69) is 10.4 Å². The number of para-hydroxylation sites is 1. The molecule has 1 N–H and O–H groups in total. The fraction of sp³-hybridized carbons (Fsp3) is 0.450. The molecule has 2 aliphatic rings. The smallest absolute Gasteiger partial charge is 0.272 e. The number of nitrogens with one attached hydrogen (secondary N) is 1. The van der Waals surface area contributed by atoms with Crippen LogP contribution < -0.4 is 10.1 Å². The zero-order valence-electron chi connectivity index (χ0n) is 15.9. The van der Waals surface area contributed by atoms with E-state index in [0.29, 0.717) is 31.9 Å². The second kappa shape index (κ2) is 8.02. The molecule has 28 heavy (non-hydrogen) atoms. The molecule has 0 bridgehead atoms. The average Bonchev–Trinajstić information content (AvgIpc) is 3.39. The summed E-state index contributed by atoms with van der Waals surface area (Å²) in [4.78, 5) is 27.0. The van der Waals surface area contributed by atoms with E-state index < -0.39 is 0 Å². The van der Waals surface area contributed by atoms with Gasteiger partial charge in [-0.15, -0.1) is 0 Å². The molecular formula is C20H24N4O4. The molecule has 3 heterocycles. The summed E-state index contributed by atoms with van der Waals surface area (Å²) in [6, 6.07) is 9.22. The number of hydrogen-bond donors (Lipinski definition) is 1. The van der Waals surface area contributed by atoms with Crippen molar-refractivity contribution >= 4 is 11.8 Å².